The van der Waals surface area contributed by atoms with Crippen molar-refractivity contribution in [2.45, 2.75) is 24.2 Å². The zero-order valence-electron chi connectivity index (χ0n) is 17.6. The average molecular weight is 585 g/mol. The van der Waals surface area contributed by atoms with Crippen LogP contribution in [0.5, 0.6) is 5.75 Å². The Hall–Kier alpha value is -2.53. The van der Waals surface area contributed by atoms with Crippen LogP contribution in [-0.4, -0.2) is 26.7 Å². The molecule has 0 saturated carbocycles. The van der Waals surface area contributed by atoms with Gasteiger partial charge >= 0.3 is 0 Å². The number of halogens is 3. The Balaban J connectivity index is 1.69. The van der Waals surface area contributed by atoms with Crippen molar-refractivity contribution in [1.29, 1.82) is 0 Å². The zero-order valence-corrected chi connectivity index (χ0v) is 20.5. The fourth-order valence-electron chi connectivity index (χ4n) is 3.36. The van der Waals surface area contributed by atoms with Gasteiger partial charge in [0.05, 0.1) is 22.8 Å². The van der Waals surface area contributed by atoms with Crippen molar-refractivity contribution in [3.8, 4) is 5.75 Å². The molecule has 0 aliphatic rings. The lowest BCUT2D eigenvalue weighted by molar-refractivity contribution is 0.0995. The molecule has 0 aromatic heterocycles. The van der Waals surface area contributed by atoms with E-state index in [1.807, 2.05) is 22.6 Å². The molecule has 0 bridgehead atoms. The number of ether oxygens (including phenoxy) is 1. The van der Waals surface area contributed by atoms with Gasteiger partial charge < -0.3 is 10.5 Å². The van der Waals surface area contributed by atoms with E-state index in [0.29, 0.717) is 22.0 Å². The highest BCUT2D eigenvalue weighted by atomic mass is 127. The minimum atomic E-state index is -3.41. The molecule has 9 heteroatoms. The second kappa shape index (κ2) is 11.1. The number of nitrogens with two attached hydrogens (primary N) is 1. The molecule has 5 nitrogen and oxygen atoms in total. The van der Waals surface area contributed by atoms with E-state index < -0.39 is 27.4 Å². The van der Waals surface area contributed by atoms with Crippen LogP contribution in [0, 0.1) is 15.2 Å². The Labute approximate surface area is 205 Å². The topological polar surface area (TPSA) is 86.5 Å². The maximum absolute atomic E-state index is 14.3. The van der Waals surface area contributed by atoms with Crippen LogP contribution in [0.25, 0.3) is 0 Å². The van der Waals surface area contributed by atoms with Gasteiger partial charge in [-0.2, -0.15) is 0 Å². The molecule has 0 aliphatic heterocycles. The van der Waals surface area contributed by atoms with Crippen molar-refractivity contribution >= 4 is 38.3 Å². The standard InChI is InChI=1S/C24H22F2INO4S/c25-18-13-17(12-16-8-9-19(27)15-21(16)26)23(24(28)29)22(14-18)32-10-4-5-11-33(30,31)20-6-2-1-3-7-20/h1-3,6-9,13-15H,4-5,10-12H2,(H2,28,29). The molecular formula is C24H22F2INO4S. The van der Waals surface area contributed by atoms with Crippen molar-refractivity contribution in [1.82, 2.24) is 0 Å². The van der Waals surface area contributed by atoms with Gasteiger partial charge in [-0.25, -0.2) is 17.2 Å². The van der Waals surface area contributed by atoms with Crippen molar-refractivity contribution in [3.63, 3.8) is 0 Å². The summed E-state index contributed by atoms with van der Waals surface area (Å²) in [7, 11) is -3.41. The van der Waals surface area contributed by atoms with Gasteiger partial charge in [-0.3, -0.25) is 4.79 Å². The number of hydrogen-bond acceptors (Lipinski definition) is 4. The Bertz CT molecular complexity index is 1250. The normalized spacial score (nSPS) is 11.4. The molecule has 3 aromatic carbocycles. The van der Waals surface area contributed by atoms with Gasteiger partial charge in [0.15, 0.2) is 9.84 Å². The molecule has 3 rings (SSSR count). The van der Waals surface area contributed by atoms with E-state index in [0.717, 1.165) is 12.1 Å². The van der Waals surface area contributed by atoms with Crippen LogP contribution < -0.4 is 10.5 Å². The van der Waals surface area contributed by atoms with Crippen LogP contribution >= 0.6 is 22.6 Å². The minimum absolute atomic E-state index is 0.0220. The summed E-state index contributed by atoms with van der Waals surface area (Å²) < 4.78 is 59.5. The lowest BCUT2D eigenvalue weighted by Crippen LogP contribution is -2.17. The number of carbonyl (C=O) groups excluding carboxylic acids is 1. The average Bonchev–Trinajstić information content (AvgIpc) is 2.75. The Morgan fingerprint density at radius 3 is 2.36 bits per heavy atom. The maximum atomic E-state index is 14.3. The number of hydrogen-bond donors (Lipinski definition) is 1. The Morgan fingerprint density at radius 1 is 0.970 bits per heavy atom. The van der Waals surface area contributed by atoms with E-state index in [4.69, 9.17) is 10.5 Å². The number of sulfone groups is 1. The summed E-state index contributed by atoms with van der Waals surface area (Å²) in [5, 5.41) is 0. The van der Waals surface area contributed by atoms with Gasteiger partial charge in [0.1, 0.15) is 17.4 Å². The summed E-state index contributed by atoms with van der Waals surface area (Å²) in [6.07, 6.45) is 0.644. The van der Waals surface area contributed by atoms with E-state index in [1.54, 1.807) is 30.3 Å². The molecule has 0 saturated heterocycles. The fourth-order valence-corrected chi connectivity index (χ4v) is 5.21. The minimum Gasteiger partial charge on any atom is -0.493 e. The summed E-state index contributed by atoms with van der Waals surface area (Å²) >= 11 is 1.98. The molecule has 0 heterocycles. The molecule has 1 amide bonds. The first-order chi connectivity index (χ1) is 15.7. The van der Waals surface area contributed by atoms with Crippen LogP contribution in [-0.2, 0) is 16.3 Å². The lowest BCUT2D eigenvalue weighted by atomic mass is 9.98. The van der Waals surface area contributed by atoms with Gasteiger partial charge in [0, 0.05) is 16.1 Å². The van der Waals surface area contributed by atoms with Gasteiger partial charge in [-0.15, -0.1) is 0 Å². The van der Waals surface area contributed by atoms with Gasteiger partial charge in [-0.05, 0) is 76.9 Å². The predicted molar refractivity (Wildman–Crippen MR) is 130 cm³/mol. The zero-order chi connectivity index (χ0) is 24.0. The third-order valence-electron chi connectivity index (χ3n) is 4.96. The highest BCUT2D eigenvalue weighted by Gasteiger charge is 2.19. The molecule has 33 heavy (non-hydrogen) atoms. The van der Waals surface area contributed by atoms with Gasteiger partial charge in [0.2, 0.25) is 0 Å². The molecule has 2 N–H and O–H groups in total. The van der Waals surface area contributed by atoms with Crippen molar-refractivity contribution in [2.75, 3.05) is 12.4 Å². The number of amides is 1. The van der Waals surface area contributed by atoms with E-state index in [-0.39, 0.29) is 40.6 Å². The van der Waals surface area contributed by atoms with Crippen LogP contribution in [0.1, 0.15) is 34.3 Å². The molecule has 0 aliphatic carbocycles. The third kappa shape index (κ3) is 6.73. The van der Waals surface area contributed by atoms with Gasteiger partial charge in [0.25, 0.3) is 5.91 Å². The van der Waals surface area contributed by atoms with Crippen molar-refractivity contribution in [2.24, 2.45) is 5.73 Å². The SMILES string of the molecule is NC(=O)c1c(Cc2ccc(I)cc2F)cc(F)cc1OCCCCS(=O)(=O)c1ccccc1. The van der Waals surface area contributed by atoms with Crippen LogP contribution in [0.4, 0.5) is 8.78 Å². The van der Waals surface area contributed by atoms with E-state index in [9.17, 15) is 22.0 Å². The largest absolute Gasteiger partial charge is 0.493 e. The quantitative estimate of drug-likeness (QED) is 0.271. The third-order valence-corrected chi connectivity index (χ3v) is 7.45. The molecule has 0 spiro atoms. The first-order valence-electron chi connectivity index (χ1n) is 10.1. The highest BCUT2D eigenvalue weighted by molar-refractivity contribution is 14.1. The van der Waals surface area contributed by atoms with Crippen LogP contribution in [0.2, 0.25) is 0 Å². The summed E-state index contributed by atoms with van der Waals surface area (Å²) in [4.78, 5) is 12.4. The van der Waals surface area contributed by atoms with Crippen molar-refractivity contribution < 1.29 is 26.7 Å². The lowest BCUT2D eigenvalue weighted by Gasteiger charge is -2.15. The highest BCUT2D eigenvalue weighted by Crippen LogP contribution is 2.28. The molecule has 0 atom stereocenters. The van der Waals surface area contributed by atoms with Crippen LogP contribution in [0.15, 0.2) is 65.6 Å². The summed E-state index contributed by atoms with van der Waals surface area (Å²) in [5.41, 5.74) is 6.00. The molecule has 0 unspecified atom stereocenters. The first-order valence-corrected chi connectivity index (χ1v) is 12.9. The molecule has 0 fully saturated rings. The number of carbonyl (C=O) groups is 1. The summed E-state index contributed by atoms with van der Waals surface area (Å²) in [5.74, 6) is -2.05. The number of rotatable bonds is 10. The Kier molecular flexibility index (Phi) is 8.41. The molecule has 174 valence electrons. The monoisotopic (exact) mass is 585 g/mol. The maximum Gasteiger partial charge on any atom is 0.252 e. The number of benzene rings is 3. The van der Waals surface area contributed by atoms with E-state index in [1.165, 1.54) is 18.2 Å². The predicted octanol–water partition coefficient (Wildman–Crippen LogP) is 4.89. The molecule has 3 aromatic rings. The molecular weight excluding hydrogens is 563 g/mol. The van der Waals surface area contributed by atoms with E-state index in [2.05, 4.69) is 0 Å². The summed E-state index contributed by atoms with van der Waals surface area (Å²) in [6.45, 7) is 0.0609. The first kappa shape index (κ1) is 25.1. The second-order valence-corrected chi connectivity index (χ2v) is 10.8. The molecule has 0 radical (unpaired) electrons. The summed E-state index contributed by atoms with van der Waals surface area (Å²) in [6, 6.07) is 14.9. The van der Waals surface area contributed by atoms with Crippen LogP contribution in [0.3, 0.4) is 0 Å². The van der Waals surface area contributed by atoms with E-state index >= 15 is 0 Å². The van der Waals surface area contributed by atoms with Gasteiger partial charge in [-0.1, -0.05) is 24.3 Å². The second-order valence-electron chi connectivity index (χ2n) is 7.40. The van der Waals surface area contributed by atoms with Crippen molar-refractivity contribution in [3.05, 3.63) is 92.6 Å². The number of primary amides is 1. The fraction of sp³-hybridized carbons (Fsp3) is 0.208. The number of unbranched alkanes of at least 4 members (excludes halogenated alkanes) is 1. The Morgan fingerprint density at radius 2 is 1.70 bits per heavy atom. The smallest absolute Gasteiger partial charge is 0.252 e.